The minimum Gasteiger partial charge on any atom is -0.506 e. The maximum atomic E-state index is 13.1. The molecule has 1 rings (SSSR count). The fourth-order valence-corrected chi connectivity index (χ4v) is 1.49. The van der Waals surface area contributed by atoms with E-state index >= 15 is 0 Å². The number of benzene rings is 1. The quantitative estimate of drug-likeness (QED) is 0.704. The van der Waals surface area contributed by atoms with Gasteiger partial charge in [-0.15, -0.1) is 0 Å². The normalized spacial score (nSPS) is 10.5. The van der Waals surface area contributed by atoms with E-state index in [-0.39, 0.29) is 16.8 Å². The summed E-state index contributed by atoms with van der Waals surface area (Å²) in [7, 11) is 0. The van der Waals surface area contributed by atoms with Gasteiger partial charge in [0, 0.05) is 12.1 Å². The van der Waals surface area contributed by atoms with Gasteiger partial charge >= 0.3 is 0 Å². The molecule has 0 aliphatic heterocycles. The summed E-state index contributed by atoms with van der Waals surface area (Å²) < 4.78 is 13.4. The standard InChI is InChI=1S/C8H9BrFNO2/c1-4-5(3-11-13)8(12)6(9)2-7(4)10/h2,11-13H,3H2,1H3. The fraction of sp³-hybridized carbons (Fsp3) is 0.250. The molecular formula is C8H9BrFNO2. The highest BCUT2D eigenvalue weighted by Crippen LogP contribution is 2.31. The molecule has 1 aromatic rings. The van der Waals surface area contributed by atoms with Crippen molar-refractivity contribution in [3.63, 3.8) is 0 Å². The van der Waals surface area contributed by atoms with Crippen molar-refractivity contribution in [2.45, 2.75) is 13.5 Å². The lowest BCUT2D eigenvalue weighted by Gasteiger charge is -2.09. The molecular weight excluding hydrogens is 241 g/mol. The first-order valence-corrected chi connectivity index (χ1v) is 4.40. The molecule has 3 N–H and O–H groups in total. The minimum atomic E-state index is -0.421. The van der Waals surface area contributed by atoms with Crippen molar-refractivity contribution >= 4 is 15.9 Å². The predicted molar refractivity (Wildman–Crippen MR) is 49.1 cm³/mol. The monoisotopic (exact) mass is 249 g/mol. The fourth-order valence-electron chi connectivity index (χ4n) is 1.05. The topological polar surface area (TPSA) is 52.5 Å². The predicted octanol–water partition coefficient (Wildman–Crippen LogP) is 2.08. The maximum Gasteiger partial charge on any atom is 0.134 e. The van der Waals surface area contributed by atoms with Crippen LogP contribution in [0.5, 0.6) is 5.75 Å². The Labute approximate surface area is 83.3 Å². The summed E-state index contributed by atoms with van der Waals surface area (Å²) in [4.78, 5) is 0. The lowest BCUT2D eigenvalue weighted by molar-refractivity contribution is 0.160. The number of phenols is 1. The number of hydrogen-bond donors (Lipinski definition) is 3. The number of phenolic OH excluding ortho intramolecular Hbond substituents is 1. The van der Waals surface area contributed by atoms with Gasteiger partial charge in [0.25, 0.3) is 0 Å². The lowest BCUT2D eigenvalue weighted by Crippen LogP contribution is -2.08. The Morgan fingerprint density at radius 1 is 1.62 bits per heavy atom. The summed E-state index contributed by atoms with van der Waals surface area (Å²) in [6.07, 6.45) is 0. The summed E-state index contributed by atoms with van der Waals surface area (Å²) in [5.74, 6) is -0.477. The molecule has 0 saturated carbocycles. The largest absolute Gasteiger partial charge is 0.506 e. The van der Waals surface area contributed by atoms with Crippen LogP contribution in [0.15, 0.2) is 10.5 Å². The highest BCUT2D eigenvalue weighted by atomic mass is 79.9. The lowest BCUT2D eigenvalue weighted by atomic mass is 10.1. The molecule has 0 unspecified atom stereocenters. The van der Waals surface area contributed by atoms with E-state index < -0.39 is 5.82 Å². The van der Waals surface area contributed by atoms with Gasteiger partial charge in [0.05, 0.1) is 4.47 Å². The third-order valence-electron chi connectivity index (χ3n) is 1.83. The minimum absolute atomic E-state index is 0.00796. The average Bonchev–Trinajstić information content (AvgIpc) is 2.09. The Morgan fingerprint density at radius 2 is 2.23 bits per heavy atom. The van der Waals surface area contributed by atoms with Crippen LogP contribution in [-0.4, -0.2) is 10.3 Å². The third-order valence-corrected chi connectivity index (χ3v) is 2.44. The number of hydroxylamine groups is 1. The first-order valence-electron chi connectivity index (χ1n) is 3.61. The molecule has 5 heteroatoms. The molecule has 0 saturated heterocycles. The Hall–Kier alpha value is -0.650. The van der Waals surface area contributed by atoms with E-state index in [1.807, 2.05) is 5.48 Å². The van der Waals surface area contributed by atoms with Crippen LogP contribution in [0.3, 0.4) is 0 Å². The van der Waals surface area contributed by atoms with Crippen molar-refractivity contribution in [2.24, 2.45) is 0 Å². The van der Waals surface area contributed by atoms with Crippen LogP contribution in [0.4, 0.5) is 4.39 Å². The average molecular weight is 250 g/mol. The molecule has 0 heterocycles. The van der Waals surface area contributed by atoms with Gasteiger partial charge in [-0.1, -0.05) is 0 Å². The van der Waals surface area contributed by atoms with Crippen molar-refractivity contribution in [3.05, 3.63) is 27.5 Å². The summed E-state index contributed by atoms with van der Waals surface area (Å²) in [5, 5.41) is 17.9. The zero-order chi connectivity index (χ0) is 10.0. The van der Waals surface area contributed by atoms with Gasteiger partial charge < -0.3 is 10.3 Å². The molecule has 3 nitrogen and oxygen atoms in total. The van der Waals surface area contributed by atoms with Gasteiger partial charge in [0.15, 0.2) is 0 Å². The van der Waals surface area contributed by atoms with E-state index in [0.717, 1.165) is 0 Å². The zero-order valence-electron chi connectivity index (χ0n) is 6.93. The van der Waals surface area contributed by atoms with E-state index in [4.69, 9.17) is 5.21 Å². The second-order valence-corrected chi connectivity index (χ2v) is 3.48. The van der Waals surface area contributed by atoms with Crippen molar-refractivity contribution < 1.29 is 14.7 Å². The smallest absolute Gasteiger partial charge is 0.134 e. The molecule has 0 aliphatic carbocycles. The van der Waals surface area contributed by atoms with E-state index in [0.29, 0.717) is 11.1 Å². The number of halogens is 2. The van der Waals surface area contributed by atoms with Crippen molar-refractivity contribution in [1.82, 2.24) is 5.48 Å². The Kier molecular flexibility index (Phi) is 3.24. The van der Waals surface area contributed by atoms with Gasteiger partial charge in [0.2, 0.25) is 0 Å². The zero-order valence-corrected chi connectivity index (χ0v) is 8.52. The molecule has 0 aromatic heterocycles. The van der Waals surface area contributed by atoms with Crippen LogP contribution in [0.25, 0.3) is 0 Å². The molecule has 13 heavy (non-hydrogen) atoms. The molecule has 0 spiro atoms. The SMILES string of the molecule is Cc1c(F)cc(Br)c(O)c1CNO. The number of aromatic hydroxyl groups is 1. The van der Waals surface area contributed by atoms with E-state index in [1.165, 1.54) is 13.0 Å². The Bertz CT molecular complexity index is 304. The highest BCUT2D eigenvalue weighted by molar-refractivity contribution is 9.10. The van der Waals surface area contributed by atoms with Crippen molar-refractivity contribution in [1.29, 1.82) is 0 Å². The first-order chi connectivity index (χ1) is 6.07. The Balaban J connectivity index is 3.28. The first kappa shape index (κ1) is 10.4. The molecule has 72 valence electrons. The van der Waals surface area contributed by atoms with Gasteiger partial charge in [0.1, 0.15) is 11.6 Å². The summed E-state index contributed by atoms with van der Waals surface area (Å²) in [5.41, 5.74) is 2.54. The maximum absolute atomic E-state index is 13.1. The van der Waals surface area contributed by atoms with Crippen LogP contribution in [0.2, 0.25) is 0 Å². The molecule has 0 amide bonds. The molecule has 0 fully saturated rings. The van der Waals surface area contributed by atoms with E-state index in [2.05, 4.69) is 15.9 Å². The summed E-state index contributed by atoms with van der Waals surface area (Å²) >= 11 is 3.00. The second-order valence-electron chi connectivity index (χ2n) is 2.63. The highest BCUT2D eigenvalue weighted by Gasteiger charge is 2.12. The third kappa shape index (κ3) is 1.99. The number of hydrogen-bond acceptors (Lipinski definition) is 3. The molecule has 0 aliphatic rings. The van der Waals surface area contributed by atoms with Gasteiger partial charge in [-0.3, -0.25) is 0 Å². The van der Waals surface area contributed by atoms with E-state index in [9.17, 15) is 9.50 Å². The van der Waals surface area contributed by atoms with Gasteiger partial charge in [-0.2, -0.15) is 0 Å². The van der Waals surface area contributed by atoms with Crippen LogP contribution in [0, 0.1) is 12.7 Å². The molecule has 0 radical (unpaired) electrons. The molecule has 0 bridgehead atoms. The summed E-state index contributed by atoms with van der Waals surface area (Å²) in [6, 6.07) is 1.19. The van der Waals surface area contributed by atoms with Crippen molar-refractivity contribution in [3.8, 4) is 5.75 Å². The van der Waals surface area contributed by atoms with Gasteiger partial charge in [-0.25, -0.2) is 9.87 Å². The summed E-state index contributed by atoms with van der Waals surface area (Å²) in [6.45, 7) is 1.54. The Morgan fingerprint density at radius 3 is 2.77 bits per heavy atom. The van der Waals surface area contributed by atoms with E-state index in [1.54, 1.807) is 0 Å². The van der Waals surface area contributed by atoms with Crippen LogP contribution in [-0.2, 0) is 6.54 Å². The van der Waals surface area contributed by atoms with Crippen LogP contribution in [0.1, 0.15) is 11.1 Å². The molecule has 0 atom stereocenters. The van der Waals surface area contributed by atoms with Crippen LogP contribution < -0.4 is 5.48 Å². The van der Waals surface area contributed by atoms with Gasteiger partial charge in [-0.05, 0) is 34.5 Å². The van der Waals surface area contributed by atoms with Crippen LogP contribution >= 0.6 is 15.9 Å². The van der Waals surface area contributed by atoms with Crippen molar-refractivity contribution in [2.75, 3.05) is 0 Å². The second kappa shape index (κ2) is 4.04. The number of nitrogens with one attached hydrogen (secondary N) is 1. The number of rotatable bonds is 2. The molecule has 1 aromatic carbocycles.